The molecule has 0 unspecified atom stereocenters. The van der Waals surface area contributed by atoms with Crippen LogP contribution in [0.1, 0.15) is 24.5 Å². The molecule has 0 N–H and O–H groups in total. The number of rotatable bonds is 5. The van der Waals surface area contributed by atoms with Gasteiger partial charge < -0.3 is 9.80 Å². The Hall–Kier alpha value is -1.82. The Morgan fingerprint density at radius 3 is 2.41 bits per heavy atom. The zero-order valence-electron chi connectivity index (χ0n) is 16.3. The van der Waals surface area contributed by atoms with Crippen LogP contribution in [0.15, 0.2) is 47.4 Å². The molecule has 0 aromatic heterocycles. The molecule has 3 rings (SSSR count). The van der Waals surface area contributed by atoms with Gasteiger partial charge >= 0.3 is 0 Å². The van der Waals surface area contributed by atoms with Crippen molar-refractivity contribution in [2.24, 2.45) is 0 Å². The highest BCUT2D eigenvalue weighted by molar-refractivity contribution is 7.91. The van der Waals surface area contributed by atoms with Crippen LogP contribution in [0.3, 0.4) is 0 Å². The minimum absolute atomic E-state index is 0. The number of sulfone groups is 1. The van der Waals surface area contributed by atoms with Gasteiger partial charge in [-0.2, -0.15) is 0 Å². The summed E-state index contributed by atoms with van der Waals surface area (Å²) in [5.41, 5.74) is 5.48. The van der Waals surface area contributed by atoms with Crippen LogP contribution < -0.4 is 4.90 Å². The van der Waals surface area contributed by atoms with Crippen molar-refractivity contribution < 1.29 is 8.42 Å². The van der Waals surface area contributed by atoms with Gasteiger partial charge in [-0.05, 0) is 62.0 Å². The second kappa shape index (κ2) is 8.46. The largest absolute Gasteiger partial charge is 0.344 e. The third-order valence-corrected chi connectivity index (χ3v) is 6.60. The van der Waals surface area contributed by atoms with Crippen molar-refractivity contribution in [1.82, 2.24) is 4.90 Å². The molecule has 146 valence electrons. The fourth-order valence-corrected chi connectivity index (χ4v) is 4.19. The minimum Gasteiger partial charge on any atom is -0.344 e. The summed E-state index contributed by atoms with van der Waals surface area (Å²) in [6, 6.07) is 13.8. The predicted octanol–water partition coefficient (Wildman–Crippen LogP) is 4.48. The predicted molar refractivity (Wildman–Crippen MR) is 117 cm³/mol. The average molecular weight is 407 g/mol. The van der Waals surface area contributed by atoms with E-state index in [2.05, 4.69) is 42.1 Å². The maximum absolute atomic E-state index is 12.4. The summed E-state index contributed by atoms with van der Waals surface area (Å²) in [4.78, 5) is 4.69. The average Bonchev–Trinajstić information content (AvgIpc) is 2.75. The number of fused-ring (bicyclic) bond motifs is 2. The number of hydrogen-bond acceptors (Lipinski definition) is 4. The third-order valence-electron chi connectivity index (χ3n) is 4.87. The molecule has 27 heavy (non-hydrogen) atoms. The fraction of sp³-hybridized carbons (Fsp3) is 0.333. The van der Waals surface area contributed by atoms with Crippen LogP contribution in [0.4, 0.5) is 11.4 Å². The lowest BCUT2D eigenvalue weighted by molar-refractivity contribution is 0.420. The fourth-order valence-electron chi connectivity index (χ4n) is 3.29. The van der Waals surface area contributed by atoms with Crippen LogP contribution >= 0.6 is 12.4 Å². The van der Waals surface area contributed by atoms with E-state index in [9.17, 15) is 8.42 Å². The molecule has 0 saturated carbocycles. The molecular formula is C21H27ClN2O2S. The number of anilines is 2. The van der Waals surface area contributed by atoms with Crippen LogP contribution in [0.25, 0.3) is 11.6 Å². The Balaban J connectivity index is 0.00000261. The van der Waals surface area contributed by atoms with Gasteiger partial charge in [-0.3, -0.25) is 0 Å². The molecule has 0 bridgehead atoms. The lowest BCUT2D eigenvalue weighted by Crippen LogP contribution is -2.15. The molecule has 1 aliphatic heterocycles. The van der Waals surface area contributed by atoms with E-state index in [0.717, 1.165) is 35.5 Å². The molecule has 1 aliphatic rings. The lowest BCUT2D eigenvalue weighted by atomic mass is 9.99. The Bertz CT molecular complexity index is 952. The van der Waals surface area contributed by atoms with Gasteiger partial charge in [0.25, 0.3) is 0 Å². The second-order valence-electron chi connectivity index (χ2n) is 6.92. The highest BCUT2D eigenvalue weighted by Crippen LogP contribution is 2.40. The Labute approximate surface area is 168 Å². The van der Waals surface area contributed by atoms with E-state index in [4.69, 9.17) is 0 Å². The van der Waals surface area contributed by atoms with Gasteiger partial charge in [0.1, 0.15) is 0 Å². The first-order valence-corrected chi connectivity index (χ1v) is 10.5. The van der Waals surface area contributed by atoms with Crippen LogP contribution in [0, 0.1) is 0 Å². The van der Waals surface area contributed by atoms with E-state index in [0.29, 0.717) is 4.90 Å². The number of halogens is 1. The quantitative estimate of drug-likeness (QED) is 0.734. The van der Waals surface area contributed by atoms with Gasteiger partial charge in [-0.25, -0.2) is 8.42 Å². The number of nitrogens with zero attached hydrogens (tertiary/aromatic N) is 2. The maximum atomic E-state index is 12.4. The molecule has 0 radical (unpaired) electrons. The number of benzene rings is 2. The molecule has 0 atom stereocenters. The van der Waals surface area contributed by atoms with Gasteiger partial charge in [0.05, 0.1) is 10.6 Å². The smallest absolute Gasteiger partial charge is 0.178 e. The Morgan fingerprint density at radius 1 is 1.04 bits per heavy atom. The zero-order valence-corrected chi connectivity index (χ0v) is 17.9. The molecule has 0 fully saturated rings. The minimum atomic E-state index is -3.24. The number of para-hydroxylation sites is 1. The van der Waals surface area contributed by atoms with Crippen LogP contribution in [-0.2, 0) is 9.84 Å². The van der Waals surface area contributed by atoms with E-state index in [1.807, 2.05) is 31.3 Å². The SMILES string of the molecule is CCS(=O)(=O)c1ccc2c(c1)C(CCN(C)C)=Cc1ccccc1N2C.Cl. The standard InChI is InChI=1S/C21H26N2O2S.ClH/c1-5-26(24,25)18-10-11-21-19(15-18)16(12-13-22(2)3)14-17-8-6-7-9-20(17)23(21)4;/h6-11,14-15H,5,12-13H2,1-4H3;1H. The summed E-state index contributed by atoms with van der Waals surface area (Å²) in [5.74, 6) is 0.110. The van der Waals surface area contributed by atoms with E-state index < -0.39 is 9.84 Å². The molecule has 2 aromatic rings. The molecule has 0 spiro atoms. The summed E-state index contributed by atoms with van der Waals surface area (Å²) in [5, 5.41) is 0. The molecule has 0 aliphatic carbocycles. The summed E-state index contributed by atoms with van der Waals surface area (Å²) in [6.07, 6.45) is 3.06. The monoisotopic (exact) mass is 406 g/mol. The van der Waals surface area contributed by atoms with Crippen molar-refractivity contribution in [1.29, 1.82) is 0 Å². The first-order chi connectivity index (χ1) is 12.3. The molecule has 0 saturated heterocycles. The van der Waals surface area contributed by atoms with E-state index >= 15 is 0 Å². The summed E-state index contributed by atoms with van der Waals surface area (Å²) in [7, 11) is 2.90. The maximum Gasteiger partial charge on any atom is 0.178 e. The molecular weight excluding hydrogens is 380 g/mol. The lowest BCUT2D eigenvalue weighted by Gasteiger charge is -2.23. The van der Waals surface area contributed by atoms with Crippen molar-refractivity contribution in [3.05, 3.63) is 53.6 Å². The van der Waals surface area contributed by atoms with Crippen LogP contribution in [-0.4, -0.2) is 46.8 Å². The Kier molecular flexibility index (Phi) is 6.73. The van der Waals surface area contributed by atoms with E-state index in [-0.39, 0.29) is 18.2 Å². The molecule has 6 heteroatoms. The summed E-state index contributed by atoms with van der Waals surface area (Å²) >= 11 is 0. The molecule has 1 heterocycles. The highest BCUT2D eigenvalue weighted by Gasteiger charge is 2.22. The summed E-state index contributed by atoms with van der Waals surface area (Å²) in [6.45, 7) is 2.59. The van der Waals surface area contributed by atoms with Gasteiger partial charge in [0, 0.05) is 30.5 Å². The van der Waals surface area contributed by atoms with Gasteiger partial charge in [0.2, 0.25) is 0 Å². The topological polar surface area (TPSA) is 40.6 Å². The van der Waals surface area contributed by atoms with E-state index in [1.54, 1.807) is 13.0 Å². The zero-order chi connectivity index (χ0) is 18.9. The van der Waals surface area contributed by atoms with Crippen molar-refractivity contribution in [2.45, 2.75) is 18.2 Å². The van der Waals surface area contributed by atoms with Crippen molar-refractivity contribution >= 4 is 45.3 Å². The Morgan fingerprint density at radius 2 is 1.74 bits per heavy atom. The van der Waals surface area contributed by atoms with Gasteiger partial charge in [-0.15, -0.1) is 12.4 Å². The normalized spacial score (nSPS) is 13.4. The van der Waals surface area contributed by atoms with Crippen molar-refractivity contribution in [2.75, 3.05) is 38.3 Å². The first kappa shape index (κ1) is 21.5. The van der Waals surface area contributed by atoms with Gasteiger partial charge in [-0.1, -0.05) is 25.1 Å². The van der Waals surface area contributed by atoms with Crippen molar-refractivity contribution in [3.63, 3.8) is 0 Å². The molecule has 2 aromatic carbocycles. The van der Waals surface area contributed by atoms with Crippen molar-refractivity contribution in [3.8, 4) is 0 Å². The van der Waals surface area contributed by atoms with E-state index in [1.165, 1.54) is 5.57 Å². The van der Waals surface area contributed by atoms with Crippen LogP contribution in [0.2, 0.25) is 0 Å². The highest BCUT2D eigenvalue weighted by atomic mass is 35.5. The van der Waals surface area contributed by atoms with Gasteiger partial charge in [0.15, 0.2) is 9.84 Å². The summed E-state index contributed by atoms with van der Waals surface area (Å²) < 4.78 is 24.8. The first-order valence-electron chi connectivity index (χ1n) is 8.88. The van der Waals surface area contributed by atoms with Crippen LogP contribution in [0.5, 0.6) is 0 Å². The molecule has 0 amide bonds. The third kappa shape index (κ3) is 4.37. The number of hydrogen-bond donors (Lipinski definition) is 0. The molecule has 4 nitrogen and oxygen atoms in total. The second-order valence-corrected chi connectivity index (χ2v) is 9.20.